The van der Waals surface area contributed by atoms with E-state index in [1.165, 1.54) is 0 Å². The van der Waals surface area contributed by atoms with Gasteiger partial charge in [-0.05, 0) is 31.2 Å². The molecule has 4 atom stereocenters. The van der Waals surface area contributed by atoms with Gasteiger partial charge in [0.2, 0.25) is 5.91 Å². The number of hydrogen-bond acceptors (Lipinski definition) is 3. The maximum absolute atomic E-state index is 12.6. The molecule has 1 amide bonds. The summed E-state index contributed by atoms with van der Waals surface area (Å²) in [5.74, 6) is 0.597. The number of carbonyl (C=O) groups is 1. The van der Waals surface area contributed by atoms with Crippen LogP contribution < -0.4 is 5.73 Å². The summed E-state index contributed by atoms with van der Waals surface area (Å²) in [6, 6.07) is 10.4. The number of halogens is 1. The normalized spacial score (nSPS) is 30.8. The fourth-order valence-electron chi connectivity index (χ4n) is 3.68. The quantitative estimate of drug-likeness (QED) is 0.922. The Morgan fingerprint density at radius 3 is 2.65 bits per heavy atom. The van der Waals surface area contributed by atoms with E-state index in [0.717, 1.165) is 24.8 Å². The molecule has 3 rings (SSSR count). The van der Waals surface area contributed by atoms with E-state index in [1.807, 2.05) is 30.0 Å². The van der Waals surface area contributed by atoms with Gasteiger partial charge in [0.15, 0.2) is 0 Å². The second-order valence-corrected chi connectivity index (χ2v) is 6.70. The van der Waals surface area contributed by atoms with Gasteiger partial charge in [-0.25, -0.2) is 0 Å². The molecule has 0 radical (unpaired) electrons. The second kappa shape index (κ2) is 8.13. The first-order valence-corrected chi connectivity index (χ1v) is 8.37. The van der Waals surface area contributed by atoms with Crippen LogP contribution in [0.3, 0.4) is 0 Å². The monoisotopic (exact) mass is 338 g/mol. The van der Waals surface area contributed by atoms with Crippen LogP contribution in [0.15, 0.2) is 30.3 Å². The van der Waals surface area contributed by atoms with Crippen molar-refractivity contribution in [1.29, 1.82) is 0 Å². The molecular formula is C18H27ClN2O2. The highest BCUT2D eigenvalue weighted by Gasteiger charge is 2.32. The molecule has 5 heteroatoms. The van der Waals surface area contributed by atoms with Crippen LogP contribution >= 0.6 is 12.4 Å². The molecule has 1 saturated carbocycles. The SMILES string of the molecule is CC1CN(C(=O)C[C@@H]2CCC[C@H]2N)CC(c2ccccc2)O1.Cl. The fraction of sp³-hybridized carbons (Fsp3) is 0.611. The van der Waals surface area contributed by atoms with Gasteiger partial charge in [-0.2, -0.15) is 0 Å². The largest absolute Gasteiger partial charge is 0.367 e. The fourth-order valence-corrected chi connectivity index (χ4v) is 3.68. The summed E-state index contributed by atoms with van der Waals surface area (Å²) in [4.78, 5) is 14.6. The number of amides is 1. The molecule has 1 heterocycles. The summed E-state index contributed by atoms with van der Waals surface area (Å²) < 4.78 is 6.03. The molecule has 0 spiro atoms. The van der Waals surface area contributed by atoms with Crippen LogP contribution in [0, 0.1) is 5.92 Å². The number of nitrogens with zero attached hydrogens (tertiary/aromatic N) is 1. The Kier molecular flexibility index (Phi) is 6.45. The van der Waals surface area contributed by atoms with Crippen LogP contribution in [-0.2, 0) is 9.53 Å². The van der Waals surface area contributed by atoms with E-state index in [1.54, 1.807) is 0 Å². The number of rotatable bonds is 3. The van der Waals surface area contributed by atoms with Crippen LogP contribution in [0.4, 0.5) is 0 Å². The number of nitrogens with two attached hydrogens (primary N) is 1. The molecule has 128 valence electrons. The Morgan fingerprint density at radius 1 is 1.26 bits per heavy atom. The van der Waals surface area contributed by atoms with Gasteiger partial charge in [0.25, 0.3) is 0 Å². The Bertz CT molecular complexity index is 511. The number of carbonyl (C=O) groups excluding carboxylic acids is 1. The lowest BCUT2D eigenvalue weighted by molar-refractivity contribution is -0.145. The number of ether oxygens (including phenoxy) is 1. The van der Waals surface area contributed by atoms with E-state index in [9.17, 15) is 4.79 Å². The van der Waals surface area contributed by atoms with E-state index in [2.05, 4.69) is 12.1 Å². The Labute approximate surface area is 144 Å². The zero-order valence-corrected chi connectivity index (χ0v) is 14.5. The van der Waals surface area contributed by atoms with Gasteiger partial charge in [-0.1, -0.05) is 36.8 Å². The van der Waals surface area contributed by atoms with Crippen molar-refractivity contribution in [2.45, 2.75) is 50.9 Å². The van der Waals surface area contributed by atoms with Gasteiger partial charge in [-0.3, -0.25) is 4.79 Å². The summed E-state index contributed by atoms with van der Waals surface area (Å²) >= 11 is 0. The summed E-state index contributed by atoms with van der Waals surface area (Å²) in [7, 11) is 0. The van der Waals surface area contributed by atoms with Crippen molar-refractivity contribution < 1.29 is 9.53 Å². The lowest BCUT2D eigenvalue weighted by Gasteiger charge is -2.37. The number of benzene rings is 1. The molecule has 1 saturated heterocycles. The zero-order chi connectivity index (χ0) is 15.5. The molecule has 1 aliphatic carbocycles. The Hall–Kier alpha value is -1.10. The second-order valence-electron chi connectivity index (χ2n) is 6.70. The third-order valence-corrected chi connectivity index (χ3v) is 4.94. The van der Waals surface area contributed by atoms with E-state index >= 15 is 0 Å². The van der Waals surface area contributed by atoms with E-state index in [-0.39, 0.29) is 36.6 Å². The summed E-state index contributed by atoms with van der Waals surface area (Å²) in [5.41, 5.74) is 7.25. The van der Waals surface area contributed by atoms with Crippen molar-refractivity contribution in [2.24, 2.45) is 11.7 Å². The van der Waals surface area contributed by atoms with Crippen LogP contribution in [0.1, 0.15) is 44.3 Å². The summed E-state index contributed by atoms with van der Waals surface area (Å²) in [6.07, 6.45) is 3.95. The molecule has 1 aromatic rings. The molecule has 4 nitrogen and oxygen atoms in total. The first-order chi connectivity index (χ1) is 10.6. The van der Waals surface area contributed by atoms with Crippen molar-refractivity contribution in [2.75, 3.05) is 13.1 Å². The predicted molar refractivity (Wildman–Crippen MR) is 93.5 cm³/mol. The molecule has 2 N–H and O–H groups in total. The summed E-state index contributed by atoms with van der Waals surface area (Å²) in [5, 5.41) is 0. The van der Waals surface area contributed by atoms with Gasteiger partial charge < -0.3 is 15.4 Å². The lowest BCUT2D eigenvalue weighted by Crippen LogP contribution is -2.46. The summed E-state index contributed by atoms with van der Waals surface area (Å²) in [6.45, 7) is 3.37. The van der Waals surface area contributed by atoms with Crippen LogP contribution in [0.5, 0.6) is 0 Å². The van der Waals surface area contributed by atoms with Gasteiger partial charge in [0, 0.05) is 19.0 Å². The van der Waals surface area contributed by atoms with Crippen molar-refractivity contribution in [3.63, 3.8) is 0 Å². The van der Waals surface area contributed by atoms with Gasteiger partial charge in [0.05, 0.1) is 12.6 Å². The highest BCUT2D eigenvalue weighted by atomic mass is 35.5. The molecule has 23 heavy (non-hydrogen) atoms. The van der Waals surface area contributed by atoms with Gasteiger partial charge in [-0.15, -0.1) is 12.4 Å². The molecule has 2 aliphatic rings. The average molecular weight is 339 g/mol. The Morgan fingerprint density at radius 2 is 2.00 bits per heavy atom. The van der Waals surface area contributed by atoms with Gasteiger partial charge >= 0.3 is 0 Å². The maximum atomic E-state index is 12.6. The standard InChI is InChI=1S/C18H26N2O2.ClH/c1-13-11-20(18(21)10-15-8-5-9-16(15)19)12-17(22-13)14-6-3-2-4-7-14;/h2-4,6-7,13,15-17H,5,8-12,19H2,1H3;1H/t13?,15-,16+,17?;/m0./s1. The highest BCUT2D eigenvalue weighted by Crippen LogP contribution is 2.30. The third kappa shape index (κ3) is 4.46. The topological polar surface area (TPSA) is 55.6 Å². The predicted octanol–water partition coefficient (Wildman–Crippen LogP) is 2.91. The molecule has 1 aliphatic heterocycles. The molecular weight excluding hydrogens is 312 g/mol. The maximum Gasteiger partial charge on any atom is 0.223 e. The number of hydrogen-bond donors (Lipinski definition) is 1. The van der Waals surface area contributed by atoms with E-state index in [4.69, 9.17) is 10.5 Å². The third-order valence-electron chi connectivity index (χ3n) is 4.94. The highest BCUT2D eigenvalue weighted by molar-refractivity contribution is 5.85. The smallest absolute Gasteiger partial charge is 0.223 e. The van der Waals surface area contributed by atoms with Crippen molar-refractivity contribution >= 4 is 18.3 Å². The van der Waals surface area contributed by atoms with E-state index < -0.39 is 0 Å². The van der Waals surface area contributed by atoms with Crippen LogP contribution in [0.25, 0.3) is 0 Å². The Balaban J connectivity index is 0.00000192. The molecule has 0 aromatic heterocycles. The van der Waals surface area contributed by atoms with Crippen LogP contribution in [-0.4, -0.2) is 36.0 Å². The van der Waals surface area contributed by atoms with Crippen molar-refractivity contribution in [3.05, 3.63) is 35.9 Å². The lowest BCUT2D eigenvalue weighted by atomic mass is 9.98. The first kappa shape index (κ1) is 18.2. The van der Waals surface area contributed by atoms with Crippen LogP contribution in [0.2, 0.25) is 0 Å². The molecule has 0 bridgehead atoms. The van der Waals surface area contributed by atoms with Crippen molar-refractivity contribution in [1.82, 2.24) is 4.90 Å². The molecule has 2 fully saturated rings. The van der Waals surface area contributed by atoms with Gasteiger partial charge in [0.1, 0.15) is 6.10 Å². The van der Waals surface area contributed by atoms with E-state index in [0.29, 0.717) is 25.4 Å². The zero-order valence-electron chi connectivity index (χ0n) is 13.7. The average Bonchev–Trinajstić information content (AvgIpc) is 2.92. The number of morpholine rings is 1. The minimum absolute atomic E-state index is 0. The minimum Gasteiger partial charge on any atom is -0.367 e. The molecule has 2 unspecified atom stereocenters. The first-order valence-electron chi connectivity index (χ1n) is 8.37. The van der Waals surface area contributed by atoms with Crippen molar-refractivity contribution in [3.8, 4) is 0 Å². The molecule has 1 aromatic carbocycles. The minimum atomic E-state index is -0.0221.